The van der Waals surface area contributed by atoms with Gasteiger partial charge in [-0.25, -0.2) is 9.59 Å². The molecular formula is C18H22Cl4O4. The minimum atomic E-state index is -0.734. The maximum absolute atomic E-state index is 12.3. The van der Waals surface area contributed by atoms with Crippen molar-refractivity contribution < 1.29 is 19.1 Å². The van der Waals surface area contributed by atoms with Crippen LogP contribution in [0.4, 0.5) is 0 Å². The molecule has 0 unspecified atom stereocenters. The first-order chi connectivity index (χ1) is 12.4. The van der Waals surface area contributed by atoms with Crippen molar-refractivity contribution >= 4 is 58.3 Å². The van der Waals surface area contributed by atoms with Gasteiger partial charge in [-0.2, -0.15) is 0 Å². The third kappa shape index (κ3) is 6.19. The molecule has 0 amide bonds. The van der Waals surface area contributed by atoms with Gasteiger partial charge in [0.05, 0.1) is 44.4 Å². The Balaban J connectivity index is 3.01. The largest absolute Gasteiger partial charge is 0.462 e. The molecule has 0 heterocycles. The fourth-order valence-electron chi connectivity index (χ4n) is 2.17. The summed E-state index contributed by atoms with van der Waals surface area (Å²) in [6, 6.07) is 0. The van der Waals surface area contributed by atoms with Crippen molar-refractivity contribution in [1.82, 2.24) is 0 Å². The van der Waals surface area contributed by atoms with Crippen molar-refractivity contribution in [2.45, 2.75) is 52.4 Å². The summed E-state index contributed by atoms with van der Waals surface area (Å²) in [4.78, 5) is 24.5. The minimum Gasteiger partial charge on any atom is -0.462 e. The molecule has 0 atom stereocenters. The molecule has 26 heavy (non-hydrogen) atoms. The van der Waals surface area contributed by atoms with E-state index in [2.05, 4.69) is 0 Å². The topological polar surface area (TPSA) is 52.6 Å². The zero-order valence-corrected chi connectivity index (χ0v) is 17.8. The zero-order chi connectivity index (χ0) is 19.7. The Morgan fingerprint density at radius 3 is 1.23 bits per heavy atom. The molecule has 146 valence electrons. The number of unbranched alkanes of at least 4 members (excludes halogenated alkanes) is 4. The van der Waals surface area contributed by atoms with E-state index in [4.69, 9.17) is 55.9 Å². The molecule has 0 N–H and O–H groups in total. The van der Waals surface area contributed by atoms with E-state index in [-0.39, 0.29) is 44.4 Å². The number of hydrogen-bond donors (Lipinski definition) is 0. The van der Waals surface area contributed by atoms with Crippen LogP contribution in [0.3, 0.4) is 0 Å². The fourth-order valence-corrected chi connectivity index (χ4v) is 3.33. The smallest absolute Gasteiger partial charge is 0.341 e. The van der Waals surface area contributed by atoms with Crippen LogP contribution in [0.5, 0.6) is 0 Å². The van der Waals surface area contributed by atoms with E-state index in [1.165, 1.54) is 0 Å². The maximum atomic E-state index is 12.3. The van der Waals surface area contributed by atoms with Crippen molar-refractivity contribution in [3.8, 4) is 0 Å². The Morgan fingerprint density at radius 1 is 0.654 bits per heavy atom. The van der Waals surface area contributed by atoms with Gasteiger partial charge in [0.15, 0.2) is 0 Å². The number of carbonyl (C=O) groups excluding carboxylic acids is 2. The van der Waals surface area contributed by atoms with Gasteiger partial charge in [0.1, 0.15) is 0 Å². The molecule has 0 spiro atoms. The number of rotatable bonds is 10. The second kappa shape index (κ2) is 11.9. The molecule has 0 aromatic heterocycles. The van der Waals surface area contributed by atoms with Crippen LogP contribution in [0.2, 0.25) is 20.1 Å². The molecule has 1 aromatic rings. The summed E-state index contributed by atoms with van der Waals surface area (Å²) in [5.74, 6) is -1.47. The van der Waals surface area contributed by atoms with Gasteiger partial charge in [-0.05, 0) is 12.8 Å². The molecule has 0 saturated heterocycles. The first-order valence-corrected chi connectivity index (χ1v) is 10.1. The summed E-state index contributed by atoms with van der Waals surface area (Å²) in [6.07, 6.45) is 5.29. The standard InChI is InChI=1S/C18H22Cl4O4/c1-3-5-7-9-25-17(23)11-13(19)15(21)12(16(22)14(11)20)18(24)26-10-8-6-4-2/h3-10H2,1-2H3. The number of benzene rings is 1. The lowest BCUT2D eigenvalue weighted by atomic mass is 10.1. The lowest BCUT2D eigenvalue weighted by Gasteiger charge is -2.14. The van der Waals surface area contributed by atoms with Gasteiger partial charge in [0.2, 0.25) is 0 Å². The molecule has 0 aliphatic heterocycles. The fraction of sp³-hybridized carbons (Fsp3) is 0.556. The molecule has 0 radical (unpaired) electrons. The van der Waals surface area contributed by atoms with E-state index < -0.39 is 11.9 Å². The van der Waals surface area contributed by atoms with Crippen molar-refractivity contribution in [1.29, 1.82) is 0 Å². The predicted octanol–water partition coefficient (Wildman–Crippen LogP) is 6.99. The summed E-state index contributed by atoms with van der Waals surface area (Å²) < 4.78 is 10.3. The second-order valence-corrected chi connectivity index (χ2v) is 7.20. The Kier molecular flexibility index (Phi) is 10.7. The minimum absolute atomic E-state index is 0.151. The molecule has 4 nitrogen and oxygen atoms in total. The van der Waals surface area contributed by atoms with Crippen molar-refractivity contribution in [2.24, 2.45) is 0 Å². The monoisotopic (exact) mass is 442 g/mol. The van der Waals surface area contributed by atoms with Crippen molar-refractivity contribution in [3.63, 3.8) is 0 Å². The lowest BCUT2D eigenvalue weighted by Crippen LogP contribution is -2.13. The van der Waals surface area contributed by atoms with Crippen LogP contribution in [-0.2, 0) is 9.47 Å². The third-order valence-corrected chi connectivity index (χ3v) is 5.34. The van der Waals surface area contributed by atoms with Gasteiger partial charge in [0.25, 0.3) is 0 Å². The number of hydrogen-bond acceptors (Lipinski definition) is 4. The molecule has 0 aliphatic carbocycles. The predicted molar refractivity (Wildman–Crippen MR) is 106 cm³/mol. The highest BCUT2D eigenvalue weighted by atomic mass is 35.5. The van der Waals surface area contributed by atoms with Gasteiger partial charge < -0.3 is 9.47 Å². The van der Waals surface area contributed by atoms with E-state index in [9.17, 15) is 9.59 Å². The third-order valence-electron chi connectivity index (χ3n) is 3.63. The molecule has 0 fully saturated rings. The Morgan fingerprint density at radius 2 is 0.962 bits per heavy atom. The second-order valence-electron chi connectivity index (χ2n) is 5.69. The summed E-state index contributed by atoms with van der Waals surface area (Å²) in [6.45, 7) is 4.54. The quantitative estimate of drug-likeness (QED) is 0.222. The SMILES string of the molecule is CCCCCOC(=O)c1c(Cl)c(Cl)c(C(=O)OCCCCC)c(Cl)c1Cl. The number of halogens is 4. The van der Waals surface area contributed by atoms with E-state index >= 15 is 0 Å². The van der Waals surface area contributed by atoms with E-state index in [1.54, 1.807) is 0 Å². The molecule has 1 rings (SSSR count). The van der Waals surface area contributed by atoms with Crippen LogP contribution in [0.25, 0.3) is 0 Å². The highest BCUT2D eigenvalue weighted by Crippen LogP contribution is 2.41. The van der Waals surface area contributed by atoms with Gasteiger partial charge >= 0.3 is 11.9 Å². The van der Waals surface area contributed by atoms with Crippen molar-refractivity contribution in [2.75, 3.05) is 13.2 Å². The van der Waals surface area contributed by atoms with E-state index in [0.29, 0.717) is 0 Å². The van der Waals surface area contributed by atoms with Crippen LogP contribution >= 0.6 is 46.4 Å². The van der Waals surface area contributed by atoms with Crippen molar-refractivity contribution in [3.05, 3.63) is 31.2 Å². The van der Waals surface area contributed by atoms with Crippen LogP contribution in [-0.4, -0.2) is 25.2 Å². The van der Waals surface area contributed by atoms with Crippen LogP contribution in [0, 0.1) is 0 Å². The van der Waals surface area contributed by atoms with Gasteiger partial charge in [-0.15, -0.1) is 0 Å². The summed E-state index contributed by atoms with van der Waals surface area (Å²) in [7, 11) is 0. The number of carbonyl (C=O) groups is 2. The molecule has 1 aromatic carbocycles. The summed E-state index contributed by atoms with van der Waals surface area (Å²) in [5, 5.41) is -0.715. The number of esters is 2. The Bertz CT molecular complexity index is 563. The lowest BCUT2D eigenvalue weighted by molar-refractivity contribution is 0.0484. The molecule has 8 heteroatoms. The first-order valence-electron chi connectivity index (χ1n) is 8.56. The van der Waals surface area contributed by atoms with Crippen LogP contribution < -0.4 is 0 Å². The average molecular weight is 444 g/mol. The summed E-state index contributed by atoms with van der Waals surface area (Å²) in [5.41, 5.74) is -0.301. The first kappa shape index (κ1) is 23.4. The van der Waals surface area contributed by atoms with E-state index in [1.807, 2.05) is 13.8 Å². The van der Waals surface area contributed by atoms with Gasteiger partial charge in [-0.3, -0.25) is 0 Å². The average Bonchev–Trinajstić information content (AvgIpc) is 2.61. The highest BCUT2D eigenvalue weighted by molar-refractivity contribution is 6.52. The highest BCUT2D eigenvalue weighted by Gasteiger charge is 2.29. The zero-order valence-electron chi connectivity index (χ0n) is 14.8. The Hall–Kier alpha value is -0.680. The van der Waals surface area contributed by atoms with Gasteiger partial charge in [0, 0.05) is 0 Å². The number of ether oxygens (including phenoxy) is 2. The van der Waals surface area contributed by atoms with Gasteiger partial charge in [-0.1, -0.05) is 85.9 Å². The van der Waals surface area contributed by atoms with Crippen LogP contribution in [0.1, 0.15) is 73.1 Å². The molecule has 0 aliphatic rings. The van der Waals surface area contributed by atoms with Crippen LogP contribution in [0.15, 0.2) is 0 Å². The molecular weight excluding hydrogens is 422 g/mol. The Labute approximate surface area is 174 Å². The summed E-state index contributed by atoms with van der Waals surface area (Å²) >= 11 is 24.6. The molecule has 0 saturated carbocycles. The molecule has 0 bridgehead atoms. The maximum Gasteiger partial charge on any atom is 0.341 e. The normalized spacial score (nSPS) is 10.7. The van der Waals surface area contributed by atoms with E-state index in [0.717, 1.165) is 38.5 Å².